The Morgan fingerprint density at radius 3 is 2.44 bits per heavy atom. The fraction of sp³-hybridized carbons (Fsp3) is 0.143. The van der Waals surface area contributed by atoms with Gasteiger partial charge in [0, 0.05) is 20.1 Å². The van der Waals surface area contributed by atoms with Crippen molar-refractivity contribution in [1.29, 1.82) is 0 Å². The Labute approximate surface area is 125 Å². The average Bonchev–Trinajstić information content (AvgIpc) is 2.33. The summed E-state index contributed by atoms with van der Waals surface area (Å²) in [5.41, 5.74) is 1.88. The van der Waals surface area contributed by atoms with Crippen molar-refractivity contribution in [2.45, 2.75) is 13.5 Å². The van der Waals surface area contributed by atoms with Crippen LogP contribution in [0.15, 0.2) is 40.9 Å². The fourth-order valence-electron chi connectivity index (χ4n) is 1.55. The predicted molar refractivity (Wildman–Crippen MR) is 79.7 cm³/mol. The number of ether oxygens (including phenoxy) is 1. The van der Waals surface area contributed by atoms with Crippen LogP contribution < -0.4 is 4.74 Å². The van der Waals surface area contributed by atoms with Crippen molar-refractivity contribution in [3.8, 4) is 5.75 Å². The number of hydrogen-bond donors (Lipinski definition) is 0. The van der Waals surface area contributed by atoms with Gasteiger partial charge in [0.1, 0.15) is 12.4 Å². The highest BCUT2D eigenvalue weighted by Crippen LogP contribution is 2.28. The van der Waals surface area contributed by atoms with Crippen LogP contribution in [0.4, 0.5) is 0 Å². The quantitative estimate of drug-likeness (QED) is 0.699. The van der Waals surface area contributed by atoms with Crippen LogP contribution in [0.2, 0.25) is 10.0 Å². The van der Waals surface area contributed by atoms with E-state index in [1.54, 1.807) is 12.1 Å². The molecule has 0 aliphatic heterocycles. The first kappa shape index (κ1) is 13.7. The van der Waals surface area contributed by atoms with Gasteiger partial charge in [0.05, 0.1) is 0 Å². The van der Waals surface area contributed by atoms with Crippen molar-refractivity contribution in [1.82, 2.24) is 0 Å². The molecule has 0 N–H and O–H groups in total. The SMILES string of the molecule is Cc1ccc(Br)cc1OCc1c(Cl)cccc1Cl. The summed E-state index contributed by atoms with van der Waals surface area (Å²) in [6.07, 6.45) is 0. The van der Waals surface area contributed by atoms with E-state index in [4.69, 9.17) is 27.9 Å². The first-order valence-electron chi connectivity index (χ1n) is 5.40. The van der Waals surface area contributed by atoms with E-state index in [9.17, 15) is 0 Å². The van der Waals surface area contributed by atoms with E-state index in [-0.39, 0.29) is 0 Å². The summed E-state index contributed by atoms with van der Waals surface area (Å²) < 4.78 is 6.75. The lowest BCUT2D eigenvalue weighted by Gasteiger charge is -2.11. The van der Waals surface area contributed by atoms with Gasteiger partial charge in [0.15, 0.2) is 0 Å². The smallest absolute Gasteiger partial charge is 0.123 e. The van der Waals surface area contributed by atoms with E-state index in [1.165, 1.54) is 0 Å². The van der Waals surface area contributed by atoms with Gasteiger partial charge in [-0.25, -0.2) is 0 Å². The molecule has 0 unspecified atom stereocenters. The highest BCUT2D eigenvalue weighted by Gasteiger charge is 2.07. The molecule has 0 fully saturated rings. The lowest BCUT2D eigenvalue weighted by atomic mass is 10.2. The van der Waals surface area contributed by atoms with Crippen LogP contribution in [0.5, 0.6) is 5.75 Å². The highest BCUT2D eigenvalue weighted by atomic mass is 79.9. The van der Waals surface area contributed by atoms with Crippen LogP contribution in [0, 0.1) is 6.92 Å². The molecule has 4 heteroatoms. The minimum absolute atomic E-state index is 0.357. The van der Waals surface area contributed by atoms with Crippen molar-refractivity contribution in [3.05, 3.63) is 62.0 Å². The first-order valence-corrected chi connectivity index (χ1v) is 6.94. The van der Waals surface area contributed by atoms with Gasteiger partial charge in [-0.15, -0.1) is 0 Å². The Balaban J connectivity index is 2.19. The Morgan fingerprint density at radius 2 is 1.78 bits per heavy atom. The minimum Gasteiger partial charge on any atom is -0.488 e. The van der Waals surface area contributed by atoms with Gasteiger partial charge < -0.3 is 4.74 Å². The van der Waals surface area contributed by atoms with Gasteiger partial charge in [-0.2, -0.15) is 0 Å². The number of hydrogen-bond acceptors (Lipinski definition) is 1. The molecule has 0 spiro atoms. The van der Waals surface area contributed by atoms with Crippen molar-refractivity contribution >= 4 is 39.1 Å². The monoisotopic (exact) mass is 344 g/mol. The maximum atomic E-state index is 6.09. The van der Waals surface area contributed by atoms with Gasteiger partial charge in [-0.3, -0.25) is 0 Å². The number of rotatable bonds is 3. The van der Waals surface area contributed by atoms with Crippen LogP contribution in [0.1, 0.15) is 11.1 Å². The summed E-state index contributed by atoms with van der Waals surface area (Å²) in [5.74, 6) is 0.820. The van der Waals surface area contributed by atoms with Gasteiger partial charge in [-0.05, 0) is 36.8 Å². The molecule has 0 radical (unpaired) electrons. The predicted octanol–water partition coefficient (Wildman–Crippen LogP) is 5.64. The van der Waals surface area contributed by atoms with Gasteiger partial charge in [0.2, 0.25) is 0 Å². The number of halogens is 3. The third kappa shape index (κ3) is 3.19. The third-order valence-corrected chi connectivity index (χ3v) is 3.79. The Bertz CT molecular complexity index is 549. The van der Waals surface area contributed by atoms with Gasteiger partial charge in [0.25, 0.3) is 0 Å². The van der Waals surface area contributed by atoms with E-state index >= 15 is 0 Å². The lowest BCUT2D eigenvalue weighted by molar-refractivity contribution is 0.304. The molecule has 0 saturated heterocycles. The second-order valence-corrected chi connectivity index (χ2v) is 5.63. The molecule has 0 aromatic heterocycles. The van der Waals surface area contributed by atoms with Crippen LogP contribution in [-0.4, -0.2) is 0 Å². The second kappa shape index (κ2) is 5.96. The maximum absolute atomic E-state index is 6.09. The Morgan fingerprint density at radius 1 is 1.11 bits per heavy atom. The molecule has 2 aromatic carbocycles. The summed E-state index contributed by atoms with van der Waals surface area (Å²) in [4.78, 5) is 0. The fourth-order valence-corrected chi connectivity index (χ4v) is 2.40. The number of aryl methyl sites for hydroxylation is 1. The van der Waals surface area contributed by atoms with E-state index < -0.39 is 0 Å². The van der Waals surface area contributed by atoms with Crippen LogP contribution in [0.3, 0.4) is 0 Å². The molecule has 0 heterocycles. The zero-order valence-electron chi connectivity index (χ0n) is 9.71. The lowest BCUT2D eigenvalue weighted by Crippen LogP contribution is -1.98. The molecule has 0 saturated carbocycles. The van der Waals surface area contributed by atoms with Crippen molar-refractivity contribution in [3.63, 3.8) is 0 Å². The Kier molecular flexibility index (Phi) is 4.55. The molecular weight excluding hydrogens is 335 g/mol. The average molecular weight is 346 g/mol. The van der Waals surface area contributed by atoms with E-state index in [0.717, 1.165) is 21.3 Å². The molecule has 0 aliphatic rings. The van der Waals surface area contributed by atoms with Gasteiger partial charge in [-0.1, -0.05) is 51.3 Å². The summed E-state index contributed by atoms with van der Waals surface area (Å²) in [6.45, 7) is 2.35. The van der Waals surface area contributed by atoms with Crippen LogP contribution in [-0.2, 0) is 6.61 Å². The summed E-state index contributed by atoms with van der Waals surface area (Å²) in [5, 5.41) is 1.24. The summed E-state index contributed by atoms with van der Waals surface area (Å²) in [7, 11) is 0. The summed E-state index contributed by atoms with van der Waals surface area (Å²) >= 11 is 15.6. The standard InChI is InChI=1S/C14H11BrCl2O/c1-9-5-6-10(15)7-14(9)18-8-11-12(16)3-2-4-13(11)17/h2-7H,8H2,1H3. The molecular formula is C14H11BrCl2O. The normalized spacial score (nSPS) is 10.4. The number of benzene rings is 2. The molecule has 1 nitrogen and oxygen atoms in total. The molecule has 2 rings (SSSR count). The molecule has 18 heavy (non-hydrogen) atoms. The zero-order chi connectivity index (χ0) is 13.1. The van der Waals surface area contributed by atoms with Gasteiger partial charge >= 0.3 is 0 Å². The van der Waals surface area contributed by atoms with Crippen molar-refractivity contribution in [2.24, 2.45) is 0 Å². The van der Waals surface area contributed by atoms with E-state index in [1.807, 2.05) is 31.2 Å². The molecule has 94 valence electrons. The maximum Gasteiger partial charge on any atom is 0.123 e. The second-order valence-electron chi connectivity index (χ2n) is 3.90. The largest absolute Gasteiger partial charge is 0.488 e. The zero-order valence-corrected chi connectivity index (χ0v) is 12.8. The minimum atomic E-state index is 0.357. The van der Waals surface area contributed by atoms with Crippen LogP contribution >= 0.6 is 39.1 Å². The third-order valence-electron chi connectivity index (χ3n) is 2.58. The van der Waals surface area contributed by atoms with Crippen molar-refractivity contribution in [2.75, 3.05) is 0 Å². The topological polar surface area (TPSA) is 9.23 Å². The van der Waals surface area contributed by atoms with E-state index in [2.05, 4.69) is 15.9 Å². The molecule has 0 aliphatic carbocycles. The molecule has 2 aromatic rings. The molecule has 0 atom stereocenters. The summed E-state index contributed by atoms with van der Waals surface area (Å²) in [6, 6.07) is 11.3. The first-order chi connectivity index (χ1) is 8.58. The molecule has 0 bridgehead atoms. The van der Waals surface area contributed by atoms with E-state index in [0.29, 0.717) is 16.7 Å². The highest BCUT2D eigenvalue weighted by molar-refractivity contribution is 9.10. The van der Waals surface area contributed by atoms with Crippen molar-refractivity contribution < 1.29 is 4.74 Å². The Hall–Kier alpha value is -0.700. The van der Waals surface area contributed by atoms with Crippen LogP contribution in [0.25, 0.3) is 0 Å². The molecule has 0 amide bonds.